The van der Waals surface area contributed by atoms with E-state index in [-0.39, 0.29) is 5.78 Å². The third-order valence-corrected chi connectivity index (χ3v) is 3.12. The van der Waals surface area contributed by atoms with Crippen molar-refractivity contribution in [2.45, 2.75) is 6.92 Å². The summed E-state index contributed by atoms with van der Waals surface area (Å²) < 4.78 is 18.4. The Hall–Kier alpha value is -1.87. The summed E-state index contributed by atoms with van der Waals surface area (Å²) in [6.45, 7) is 1.45. The van der Waals surface area contributed by atoms with Crippen LogP contribution in [0.1, 0.15) is 17.3 Å². The van der Waals surface area contributed by atoms with Crippen LogP contribution in [0.5, 0.6) is 5.75 Å². The lowest BCUT2D eigenvalue weighted by molar-refractivity contribution is 0.101. The molecule has 0 bridgehead atoms. The van der Waals surface area contributed by atoms with Gasteiger partial charge in [-0.15, -0.1) is 0 Å². The van der Waals surface area contributed by atoms with Crippen molar-refractivity contribution in [3.05, 3.63) is 52.8 Å². The fraction of sp³-hybridized carbons (Fsp3) is 0.133. The molecule has 0 aliphatic heterocycles. The first-order chi connectivity index (χ1) is 9.02. The van der Waals surface area contributed by atoms with E-state index in [2.05, 4.69) is 0 Å². The van der Waals surface area contributed by atoms with E-state index in [1.165, 1.54) is 32.2 Å². The van der Waals surface area contributed by atoms with E-state index < -0.39 is 5.82 Å². The number of hydrogen-bond acceptors (Lipinski definition) is 2. The number of Topliss-reactive ketones (excluding diaryl/α,β-unsaturated/α-hetero) is 1. The van der Waals surface area contributed by atoms with Gasteiger partial charge < -0.3 is 4.74 Å². The monoisotopic (exact) mass is 278 g/mol. The molecule has 2 aromatic rings. The Morgan fingerprint density at radius 2 is 1.95 bits per heavy atom. The zero-order valence-electron chi connectivity index (χ0n) is 10.5. The molecule has 0 N–H and O–H groups in total. The normalized spacial score (nSPS) is 10.3. The van der Waals surface area contributed by atoms with Crippen molar-refractivity contribution in [2.75, 3.05) is 7.11 Å². The highest BCUT2D eigenvalue weighted by atomic mass is 35.5. The van der Waals surface area contributed by atoms with Crippen LogP contribution < -0.4 is 4.74 Å². The summed E-state index contributed by atoms with van der Waals surface area (Å²) in [5.41, 5.74) is 1.66. The molecule has 0 saturated heterocycles. The van der Waals surface area contributed by atoms with Crippen LogP contribution in [0.25, 0.3) is 11.1 Å². The minimum atomic E-state index is -0.396. The molecule has 2 aromatic carbocycles. The highest BCUT2D eigenvalue weighted by Gasteiger charge is 2.12. The third kappa shape index (κ3) is 2.76. The van der Waals surface area contributed by atoms with Gasteiger partial charge in [-0.2, -0.15) is 0 Å². The van der Waals surface area contributed by atoms with Gasteiger partial charge in [0.05, 0.1) is 12.1 Å². The van der Waals surface area contributed by atoms with E-state index in [0.29, 0.717) is 27.5 Å². The van der Waals surface area contributed by atoms with Crippen molar-refractivity contribution < 1.29 is 13.9 Å². The lowest BCUT2D eigenvalue weighted by Crippen LogP contribution is -1.97. The molecule has 0 aromatic heterocycles. The summed E-state index contributed by atoms with van der Waals surface area (Å²) in [6, 6.07) is 9.16. The molecule has 0 amide bonds. The number of methoxy groups -OCH3 is 1. The number of ether oxygens (including phenoxy) is 1. The zero-order chi connectivity index (χ0) is 14.0. The average molecular weight is 279 g/mol. The number of halogens is 2. The minimum absolute atomic E-state index is 0.123. The van der Waals surface area contributed by atoms with Crippen LogP contribution in [0.3, 0.4) is 0 Å². The van der Waals surface area contributed by atoms with Crippen molar-refractivity contribution in [3.63, 3.8) is 0 Å². The van der Waals surface area contributed by atoms with Crippen LogP contribution in [0.4, 0.5) is 4.39 Å². The molecule has 0 radical (unpaired) electrons. The summed E-state index contributed by atoms with van der Waals surface area (Å²) in [6.07, 6.45) is 0. The van der Waals surface area contributed by atoms with Gasteiger partial charge in [0.1, 0.15) is 11.6 Å². The molecule has 19 heavy (non-hydrogen) atoms. The average Bonchev–Trinajstić information content (AvgIpc) is 2.38. The van der Waals surface area contributed by atoms with Crippen LogP contribution in [-0.2, 0) is 0 Å². The number of carbonyl (C=O) groups excluding carboxylic acids is 1. The van der Waals surface area contributed by atoms with Gasteiger partial charge in [0.15, 0.2) is 5.78 Å². The minimum Gasteiger partial charge on any atom is -0.495 e. The van der Waals surface area contributed by atoms with Gasteiger partial charge in [0.25, 0.3) is 0 Å². The van der Waals surface area contributed by atoms with E-state index in [1.54, 1.807) is 18.2 Å². The first-order valence-electron chi connectivity index (χ1n) is 5.67. The molecule has 0 aliphatic carbocycles. The van der Waals surface area contributed by atoms with Crippen molar-refractivity contribution in [1.29, 1.82) is 0 Å². The predicted molar refractivity (Wildman–Crippen MR) is 73.4 cm³/mol. The fourth-order valence-electron chi connectivity index (χ4n) is 1.90. The van der Waals surface area contributed by atoms with Crippen molar-refractivity contribution in [3.8, 4) is 16.9 Å². The first-order valence-corrected chi connectivity index (χ1v) is 6.05. The predicted octanol–water partition coefficient (Wildman–Crippen LogP) is 4.36. The summed E-state index contributed by atoms with van der Waals surface area (Å²) in [5, 5.41) is 0.416. The van der Waals surface area contributed by atoms with Gasteiger partial charge in [-0.05, 0) is 48.4 Å². The molecular weight excluding hydrogens is 267 g/mol. The lowest BCUT2D eigenvalue weighted by atomic mass is 9.97. The van der Waals surface area contributed by atoms with E-state index >= 15 is 0 Å². The quantitative estimate of drug-likeness (QED) is 0.780. The molecule has 0 atom stereocenters. The molecule has 0 heterocycles. The smallest absolute Gasteiger partial charge is 0.160 e. The second kappa shape index (κ2) is 5.41. The Kier molecular flexibility index (Phi) is 3.86. The second-order valence-electron chi connectivity index (χ2n) is 4.10. The maximum absolute atomic E-state index is 13.4. The Labute approximate surface area is 115 Å². The maximum atomic E-state index is 13.4. The van der Waals surface area contributed by atoms with E-state index in [1.807, 2.05) is 0 Å². The molecule has 4 heteroatoms. The second-order valence-corrected chi connectivity index (χ2v) is 4.50. The molecular formula is C15H12ClFO2. The number of rotatable bonds is 3. The Morgan fingerprint density at radius 1 is 1.21 bits per heavy atom. The van der Waals surface area contributed by atoms with Gasteiger partial charge in [-0.3, -0.25) is 4.79 Å². The first kappa shape index (κ1) is 13.6. The van der Waals surface area contributed by atoms with Gasteiger partial charge in [0, 0.05) is 5.56 Å². The highest BCUT2D eigenvalue weighted by Crippen LogP contribution is 2.32. The number of ketones is 1. The molecule has 0 saturated carbocycles. The lowest BCUT2D eigenvalue weighted by Gasteiger charge is -2.10. The number of benzene rings is 2. The maximum Gasteiger partial charge on any atom is 0.160 e. The van der Waals surface area contributed by atoms with Gasteiger partial charge >= 0.3 is 0 Å². The molecule has 0 fully saturated rings. The van der Waals surface area contributed by atoms with Crippen molar-refractivity contribution >= 4 is 17.4 Å². The van der Waals surface area contributed by atoms with E-state index in [4.69, 9.17) is 16.3 Å². The van der Waals surface area contributed by atoms with Crippen LogP contribution in [-0.4, -0.2) is 12.9 Å². The Bertz CT molecular complexity index is 638. The Morgan fingerprint density at radius 3 is 2.53 bits per heavy atom. The van der Waals surface area contributed by atoms with Crippen LogP contribution in [0.2, 0.25) is 5.02 Å². The SMILES string of the molecule is COc1ccc(-c2cc(F)ccc2C(C)=O)cc1Cl. The highest BCUT2D eigenvalue weighted by molar-refractivity contribution is 6.32. The largest absolute Gasteiger partial charge is 0.495 e. The number of carbonyl (C=O) groups is 1. The topological polar surface area (TPSA) is 26.3 Å². The van der Waals surface area contributed by atoms with Crippen LogP contribution >= 0.6 is 11.6 Å². The van der Waals surface area contributed by atoms with Gasteiger partial charge in [-0.25, -0.2) is 4.39 Å². The molecule has 0 spiro atoms. The van der Waals surface area contributed by atoms with Gasteiger partial charge in [-0.1, -0.05) is 17.7 Å². The molecule has 98 valence electrons. The van der Waals surface area contributed by atoms with Crippen molar-refractivity contribution in [1.82, 2.24) is 0 Å². The third-order valence-electron chi connectivity index (χ3n) is 2.82. The molecule has 2 rings (SSSR count). The molecule has 2 nitrogen and oxygen atoms in total. The standard InChI is InChI=1S/C15H12ClFO2/c1-9(18)12-5-4-11(17)8-13(12)10-3-6-15(19-2)14(16)7-10/h3-8H,1-2H3. The van der Waals surface area contributed by atoms with E-state index in [0.717, 1.165) is 0 Å². The molecule has 0 aliphatic rings. The van der Waals surface area contributed by atoms with Gasteiger partial charge in [0.2, 0.25) is 0 Å². The summed E-state index contributed by atoms with van der Waals surface area (Å²) >= 11 is 6.05. The summed E-state index contributed by atoms with van der Waals surface area (Å²) in [7, 11) is 1.52. The summed E-state index contributed by atoms with van der Waals surface area (Å²) in [4.78, 5) is 11.6. The van der Waals surface area contributed by atoms with Crippen molar-refractivity contribution in [2.24, 2.45) is 0 Å². The van der Waals surface area contributed by atoms with Crippen LogP contribution in [0, 0.1) is 5.82 Å². The fourth-order valence-corrected chi connectivity index (χ4v) is 2.15. The zero-order valence-corrected chi connectivity index (χ0v) is 11.3. The van der Waals surface area contributed by atoms with Crippen LogP contribution in [0.15, 0.2) is 36.4 Å². The van der Waals surface area contributed by atoms with E-state index in [9.17, 15) is 9.18 Å². The summed E-state index contributed by atoms with van der Waals surface area (Å²) in [5.74, 6) is 0.0140. The number of hydrogen-bond donors (Lipinski definition) is 0. The Balaban J connectivity index is 2.61. The molecule has 0 unspecified atom stereocenters.